The van der Waals surface area contributed by atoms with E-state index in [1.807, 2.05) is 31.2 Å². The van der Waals surface area contributed by atoms with Gasteiger partial charge < -0.3 is 4.74 Å². The highest BCUT2D eigenvalue weighted by Crippen LogP contribution is 2.32. The van der Waals surface area contributed by atoms with Crippen LogP contribution < -0.4 is 0 Å². The van der Waals surface area contributed by atoms with Gasteiger partial charge in [-0.15, -0.1) is 0 Å². The number of ether oxygens (including phenoxy) is 1. The molecule has 2 rings (SSSR count). The summed E-state index contributed by atoms with van der Waals surface area (Å²) in [6, 6.07) is 7.44. The van der Waals surface area contributed by atoms with E-state index < -0.39 is 0 Å². The van der Waals surface area contributed by atoms with Gasteiger partial charge in [-0.3, -0.25) is 4.79 Å². The van der Waals surface area contributed by atoms with Crippen molar-refractivity contribution in [2.24, 2.45) is 0 Å². The lowest BCUT2D eigenvalue weighted by atomic mass is 9.95. The normalized spacial score (nSPS) is 25.3. The number of cyclic esters (lactones) is 1. The van der Waals surface area contributed by atoms with Gasteiger partial charge in [-0.25, -0.2) is 0 Å². The summed E-state index contributed by atoms with van der Waals surface area (Å²) in [7, 11) is 0. The predicted octanol–water partition coefficient (Wildman–Crippen LogP) is 3.15. The first-order valence-electron chi connectivity index (χ1n) is 5.16. The Morgan fingerprint density at radius 1 is 1.53 bits per heavy atom. The first-order chi connectivity index (χ1) is 7.20. The lowest BCUT2D eigenvalue weighted by Crippen LogP contribution is -2.05. The molecular formula is C12H13ClO2. The molecule has 2 atom stereocenters. The molecule has 1 saturated heterocycles. The first kappa shape index (κ1) is 10.5. The van der Waals surface area contributed by atoms with Gasteiger partial charge in [-0.2, -0.15) is 0 Å². The average molecular weight is 225 g/mol. The molecule has 80 valence electrons. The van der Waals surface area contributed by atoms with Gasteiger partial charge in [0.15, 0.2) is 0 Å². The monoisotopic (exact) mass is 224 g/mol. The van der Waals surface area contributed by atoms with E-state index >= 15 is 0 Å². The molecule has 1 fully saturated rings. The van der Waals surface area contributed by atoms with Crippen molar-refractivity contribution in [1.29, 1.82) is 0 Å². The van der Waals surface area contributed by atoms with E-state index in [0.29, 0.717) is 5.02 Å². The molecule has 3 heteroatoms. The Labute approximate surface area is 94.2 Å². The third-order valence-corrected chi connectivity index (χ3v) is 3.01. The molecule has 1 aromatic rings. The van der Waals surface area contributed by atoms with Gasteiger partial charge in [-0.05, 0) is 24.1 Å². The van der Waals surface area contributed by atoms with Gasteiger partial charge in [-0.1, -0.05) is 30.7 Å². The molecule has 0 amide bonds. The van der Waals surface area contributed by atoms with E-state index in [-0.39, 0.29) is 18.0 Å². The highest BCUT2D eigenvalue weighted by molar-refractivity contribution is 6.30. The molecule has 1 aliphatic heterocycles. The maximum atomic E-state index is 11.6. The summed E-state index contributed by atoms with van der Waals surface area (Å²) >= 11 is 5.89. The third kappa shape index (κ3) is 2.15. The van der Waals surface area contributed by atoms with E-state index in [1.54, 1.807) is 0 Å². The second-order valence-electron chi connectivity index (χ2n) is 3.81. The SMILES string of the molecule is CCC1CC(c2cccc(Cl)c2)C(=O)O1. The Hall–Kier alpha value is -1.02. The van der Waals surface area contributed by atoms with Crippen LogP contribution in [0.5, 0.6) is 0 Å². The summed E-state index contributed by atoms with van der Waals surface area (Å²) in [6.07, 6.45) is 1.72. The molecule has 0 aliphatic carbocycles. The Kier molecular flexibility index (Phi) is 2.96. The fraction of sp³-hybridized carbons (Fsp3) is 0.417. The molecule has 0 spiro atoms. The van der Waals surface area contributed by atoms with Gasteiger partial charge in [0, 0.05) is 11.4 Å². The van der Waals surface area contributed by atoms with Gasteiger partial charge in [0.05, 0.1) is 5.92 Å². The summed E-state index contributed by atoms with van der Waals surface area (Å²) < 4.78 is 5.24. The molecular weight excluding hydrogens is 212 g/mol. The standard InChI is InChI=1S/C12H13ClO2/c1-2-10-7-11(12(14)15-10)8-4-3-5-9(13)6-8/h3-6,10-11H,2,7H2,1H3. The summed E-state index contributed by atoms with van der Waals surface area (Å²) in [4.78, 5) is 11.6. The van der Waals surface area contributed by atoms with E-state index in [2.05, 4.69) is 0 Å². The lowest BCUT2D eigenvalue weighted by molar-refractivity contribution is -0.142. The molecule has 0 bridgehead atoms. The molecule has 1 aliphatic rings. The number of rotatable bonds is 2. The number of carbonyl (C=O) groups excluding carboxylic acids is 1. The molecule has 1 heterocycles. The fourth-order valence-electron chi connectivity index (χ4n) is 1.90. The molecule has 0 aromatic heterocycles. The maximum Gasteiger partial charge on any atom is 0.313 e. The highest BCUT2D eigenvalue weighted by atomic mass is 35.5. The quantitative estimate of drug-likeness (QED) is 0.722. The largest absolute Gasteiger partial charge is 0.462 e. The molecule has 0 N–H and O–H groups in total. The Balaban J connectivity index is 2.21. The fourth-order valence-corrected chi connectivity index (χ4v) is 2.10. The van der Waals surface area contributed by atoms with Crippen molar-refractivity contribution in [3.05, 3.63) is 34.9 Å². The van der Waals surface area contributed by atoms with Crippen LogP contribution in [0.4, 0.5) is 0 Å². The Morgan fingerprint density at radius 2 is 2.33 bits per heavy atom. The van der Waals surface area contributed by atoms with Gasteiger partial charge >= 0.3 is 5.97 Å². The third-order valence-electron chi connectivity index (χ3n) is 2.77. The van der Waals surface area contributed by atoms with Crippen LogP contribution in [0.25, 0.3) is 0 Å². The van der Waals surface area contributed by atoms with E-state index in [1.165, 1.54) is 0 Å². The van der Waals surface area contributed by atoms with Crippen LogP contribution >= 0.6 is 11.6 Å². The van der Waals surface area contributed by atoms with Crippen molar-refractivity contribution in [2.45, 2.75) is 31.8 Å². The topological polar surface area (TPSA) is 26.3 Å². The van der Waals surface area contributed by atoms with Crippen LogP contribution in [0.3, 0.4) is 0 Å². The molecule has 0 radical (unpaired) electrons. The molecule has 2 unspecified atom stereocenters. The Morgan fingerprint density at radius 3 is 2.93 bits per heavy atom. The number of hydrogen-bond donors (Lipinski definition) is 0. The van der Waals surface area contributed by atoms with E-state index in [4.69, 9.17) is 16.3 Å². The minimum Gasteiger partial charge on any atom is -0.462 e. The van der Waals surface area contributed by atoms with Gasteiger partial charge in [0.2, 0.25) is 0 Å². The zero-order valence-electron chi connectivity index (χ0n) is 8.57. The van der Waals surface area contributed by atoms with Crippen molar-refractivity contribution in [1.82, 2.24) is 0 Å². The number of hydrogen-bond acceptors (Lipinski definition) is 2. The summed E-state index contributed by atoms with van der Waals surface area (Å²) in [6.45, 7) is 2.03. The van der Waals surface area contributed by atoms with E-state index in [0.717, 1.165) is 18.4 Å². The van der Waals surface area contributed by atoms with Crippen LogP contribution in [0.15, 0.2) is 24.3 Å². The van der Waals surface area contributed by atoms with Gasteiger partial charge in [0.25, 0.3) is 0 Å². The van der Waals surface area contributed by atoms with Gasteiger partial charge in [0.1, 0.15) is 6.10 Å². The summed E-state index contributed by atoms with van der Waals surface area (Å²) in [5.41, 5.74) is 0.962. The van der Waals surface area contributed by atoms with Crippen molar-refractivity contribution in [3.8, 4) is 0 Å². The minimum atomic E-state index is -0.131. The zero-order valence-corrected chi connectivity index (χ0v) is 9.33. The maximum absolute atomic E-state index is 11.6. The van der Waals surface area contributed by atoms with Crippen LogP contribution in [-0.2, 0) is 9.53 Å². The number of esters is 1. The second kappa shape index (κ2) is 4.23. The van der Waals surface area contributed by atoms with Crippen LogP contribution in [0.1, 0.15) is 31.2 Å². The Bertz CT molecular complexity index is 376. The smallest absolute Gasteiger partial charge is 0.313 e. The predicted molar refractivity (Wildman–Crippen MR) is 59.0 cm³/mol. The van der Waals surface area contributed by atoms with Crippen LogP contribution in [0, 0.1) is 0 Å². The van der Waals surface area contributed by atoms with Crippen molar-refractivity contribution >= 4 is 17.6 Å². The molecule has 1 aromatic carbocycles. The molecule has 15 heavy (non-hydrogen) atoms. The van der Waals surface area contributed by atoms with Crippen molar-refractivity contribution < 1.29 is 9.53 Å². The highest BCUT2D eigenvalue weighted by Gasteiger charge is 2.34. The van der Waals surface area contributed by atoms with Crippen LogP contribution in [0.2, 0.25) is 5.02 Å². The summed E-state index contributed by atoms with van der Waals surface area (Å²) in [5, 5.41) is 0.667. The van der Waals surface area contributed by atoms with Crippen molar-refractivity contribution in [2.75, 3.05) is 0 Å². The van der Waals surface area contributed by atoms with E-state index in [9.17, 15) is 4.79 Å². The zero-order chi connectivity index (χ0) is 10.8. The molecule has 2 nitrogen and oxygen atoms in total. The minimum absolute atomic E-state index is 0.0708. The summed E-state index contributed by atoms with van der Waals surface area (Å²) in [5.74, 6) is -0.252. The second-order valence-corrected chi connectivity index (χ2v) is 4.25. The number of carbonyl (C=O) groups is 1. The number of benzene rings is 1. The van der Waals surface area contributed by atoms with Crippen molar-refractivity contribution in [3.63, 3.8) is 0 Å². The first-order valence-corrected chi connectivity index (χ1v) is 5.54. The van der Waals surface area contributed by atoms with Crippen LogP contribution in [-0.4, -0.2) is 12.1 Å². The number of halogens is 1. The lowest BCUT2D eigenvalue weighted by Gasteiger charge is -2.05. The average Bonchev–Trinajstić information content (AvgIpc) is 2.60. The molecule has 0 saturated carbocycles.